The lowest BCUT2D eigenvalue weighted by molar-refractivity contribution is -0.118. The van der Waals surface area contributed by atoms with E-state index in [1.807, 2.05) is 0 Å². The zero-order valence-electron chi connectivity index (χ0n) is 11.4. The predicted octanol–water partition coefficient (Wildman–Crippen LogP) is 3.56. The lowest BCUT2D eigenvalue weighted by atomic mass is 10.1. The van der Waals surface area contributed by atoms with Crippen LogP contribution in [0.25, 0.3) is 0 Å². The van der Waals surface area contributed by atoms with E-state index in [0.29, 0.717) is 23.1 Å². The van der Waals surface area contributed by atoms with Crippen LogP contribution in [0.2, 0.25) is 5.02 Å². The van der Waals surface area contributed by atoms with Crippen molar-refractivity contribution in [3.05, 3.63) is 22.7 Å². The number of nitrogens with one attached hydrogen (secondary N) is 1. The highest BCUT2D eigenvalue weighted by molar-refractivity contribution is 8.13. The maximum absolute atomic E-state index is 12.3. The third kappa shape index (κ3) is 2.79. The van der Waals surface area contributed by atoms with Crippen LogP contribution in [-0.4, -0.2) is 14.3 Å². The molecule has 0 spiro atoms. The molecule has 0 aliphatic heterocycles. The molecule has 2 aliphatic carbocycles. The maximum Gasteiger partial charge on any atom is 0.261 e. The van der Waals surface area contributed by atoms with E-state index < -0.39 is 9.05 Å². The molecule has 114 valence electrons. The number of carbonyl (C=O) groups is 1. The summed E-state index contributed by atoms with van der Waals surface area (Å²) in [5.74, 6) is 1.11. The van der Waals surface area contributed by atoms with E-state index in [-0.39, 0.29) is 21.7 Å². The molecule has 4 nitrogen and oxygen atoms in total. The van der Waals surface area contributed by atoms with Crippen molar-refractivity contribution in [1.82, 2.24) is 0 Å². The third-order valence-electron chi connectivity index (χ3n) is 4.50. The first-order chi connectivity index (χ1) is 9.79. The number of hydrogen-bond donors (Lipinski definition) is 1. The molecular formula is C14H15Cl2NO3S. The normalized spacial score (nSPS) is 27.3. The number of hydrogen-bond acceptors (Lipinski definition) is 3. The Hall–Kier alpha value is -0.780. The Morgan fingerprint density at radius 3 is 2.43 bits per heavy atom. The second kappa shape index (κ2) is 5.14. The van der Waals surface area contributed by atoms with Gasteiger partial charge in [-0.25, -0.2) is 8.42 Å². The average Bonchev–Trinajstić information content (AvgIpc) is 2.86. The molecule has 1 aromatic carbocycles. The fraction of sp³-hybridized carbons (Fsp3) is 0.500. The van der Waals surface area contributed by atoms with Crippen molar-refractivity contribution in [3.8, 4) is 0 Å². The Morgan fingerprint density at radius 2 is 1.90 bits per heavy atom. The number of amides is 1. The molecule has 7 heteroatoms. The van der Waals surface area contributed by atoms with Gasteiger partial charge >= 0.3 is 0 Å². The SMILES string of the molecule is Cc1cc(S(=O)(=O)Cl)cc(Cl)c1NC(=O)C1C2CCCC21. The Bertz CT molecular complexity index is 684. The van der Waals surface area contributed by atoms with Crippen LogP contribution in [0.1, 0.15) is 24.8 Å². The molecule has 2 aliphatic rings. The van der Waals surface area contributed by atoms with Gasteiger partial charge in [0.2, 0.25) is 5.91 Å². The van der Waals surface area contributed by atoms with Gasteiger partial charge in [-0.15, -0.1) is 0 Å². The van der Waals surface area contributed by atoms with E-state index >= 15 is 0 Å². The summed E-state index contributed by atoms with van der Waals surface area (Å²) in [6, 6.07) is 2.68. The van der Waals surface area contributed by atoms with E-state index in [9.17, 15) is 13.2 Å². The predicted molar refractivity (Wildman–Crippen MR) is 82.2 cm³/mol. The Morgan fingerprint density at radius 1 is 1.29 bits per heavy atom. The average molecular weight is 348 g/mol. The second-order valence-electron chi connectivity index (χ2n) is 5.81. The van der Waals surface area contributed by atoms with Crippen LogP contribution in [0.4, 0.5) is 5.69 Å². The molecule has 2 saturated carbocycles. The van der Waals surface area contributed by atoms with Crippen LogP contribution in [0.15, 0.2) is 17.0 Å². The first-order valence-electron chi connectivity index (χ1n) is 6.84. The van der Waals surface area contributed by atoms with E-state index in [4.69, 9.17) is 22.3 Å². The molecule has 0 heterocycles. The summed E-state index contributed by atoms with van der Waals surface area (Å²) in [6.45, 7) is 1.70. The van der Waals surface area contributed by atoms with Gasteiger partial charge in [0.1, 0.15) is 0 Å². The molecule has 2 fully saturated rings. The molecule has 1 aromatic rings. The summed E-state index contributed by atoms with van der Waals surface area (Å²) in [5, 5.41) is 3.03. The number of benzene rings is 1. The minimum Gasteiger partial charge on any atom is -0.324 e. The van der Waals surface area contributed by atoms with Gasteiger partial charge in [0, 0.05) is 16.6 Å². The van der Waals surface area contributed by atoms with Crippen LogP contribution >= 0.6 is 22.3 Å². The molecule has 2 unspecified atom stereocenters. The minimum atomic E-state index is -3.83. The lowest BCUT2D eigenvalue weighted by Gasteiger charge is -2.12. The fourth-order valence-corrected chi connectivity index (χ4v) is 4.65. The summed E-state index contributed by atoms with van der Waals surface area (Å²) in [7, 11) is 1.48. The standard InChI is InChI=1S/C14H15Cl2NO3S/c1-7-5-8(21(16,19)20)6-11(15)13(7)17-14(18)12-9-3-2-4-10(9)12/h5-6,9-10,12H,2-4H2,1H3,(H,17,18). The highest BCUT2D eigenvalue weighted by atomic mass is 35.7. The Kier molecular flexibility index (Phi) is 3.71. The third-order valence-corrected chi connectivity index (χ3v) is 6.13. The van der Waals surface area contributed by atoms with Gasteiger partial charge < -0.3 is 5.32 Å². The van der Waals surface area contributed by atoms with E-state index in [0.717, 1.165) is 12.8 Å². The molecule has 2 atom stereocenters. The van der Waals surface area contributed by atoms with Crippen molar-refractivity contribution < 1.29 is 13.2 Å². The largest absolute Gasteiger partial charge is 0.324 e. The zero-order chi connectivity index (χ0) is 15.4. The molecular weight excluding hydrogens is 333 g/mol. The van der Waals surface area contributed by atoms with Crippen molar-refractivity contribution in [1.29, 1.82) is 0 Å². The summed E-state index contributed by atoms with van der Waals surface area (Å²) in [6.07, 6.45) is 3.46. The van der Waals surface area contributed by atoms with Gasteiger partial charge in [-0.2, -0.15) is 0 Å². The summed E-state index contributed by atoms with van der Waals surface area (Å²) in [4.78, 5) is 12.2. The first kappa shape index (κ1) is 15.1. The van der Waals surface area contributed by atoms with Crippen molar-refractivity contribution in [2.45, 2.75) is 31.1 Å². The van der Waals surface area contributed by atoms with Crippen molar-refractivity contribution in [2.75, 3.05) is 5.32 Å². The highest BCUT2D eigenvalue weighted by Crippen LogP contribution is 2.57. The van der Waals surface area contributed by atoms with Crippen LogP contribution in [-0.2, 0) is 13.8 Å². The van der Waals surface area contributed by atoms with Gasteiger partial charge in [0.15, 0.2) is 0 Å². The zero-order valence-corrected chi connectivity index (χ0v) is 13.7. The minimum absolute atomic E-state index is 0.0174. The number of fused-ring (bicyclic) bond motifs is 1. The number of halogens is 2. The van der Waals surface area contributed by atoms with Crippen LogP contribution < -0.4 is 5.32 Å². The summed E-state index contributed by atoms with van der Waals surface area (Å²) in [5.41, 5.74) is 1.05. The van der Waals surface area contributed by atoms with Gasteiger partial charge in [-0.3, -0.25) is 4.79 Å². The summed E-state index contributed by atoms with van der Waals surface area (Å²) >= 11 is 6.09. The van der Waals surface area contributed by atoms with E-state index in [1.165, 1.54) is 18.6 Å². The monoisotopic (exact) mass is 347 g/mol. The van der Waals surface area contributed by atoms with Crippen molar-refractivity contribution in [3.63, 3.8) is 0 Å². The second-order valence-corrected chi connectivity index (χ2v) is 8.78. The maximum atomic E-state index is 12.3. The van der Waals surface area contributed by atoms with Crippen LogP contribution in [0, 0.1) is 24.7 Å². The number of anilines is 1. The van der Waals surface area contributed by atoms with Gasteiger partial charge in [0.25, 0.3) is 9.05 Å². The number of carbonyl (C=O) groups excluding carboxylic acids is 1. The van der Waals surface area contributed by atoms with Crippen LogP contribution in [0.3, 0.4) is 0 Å². The highest BCUT2D eigenvalue weighted by Gasteiger charge is 2.56. The molecule has 3 rings (SSSR count). The fourth-order valence-electron chi connectivity index (χ4n) is 3.43. The molecule has 21 heavy (non-hydrogen) atoms. The number of rotatable bonds is 3. The topological polar surface area (TPSA) is 63.2 Å². The Balaban J connectivity index is 1.81. The lowest BCUT2D eigenvalue weighted by Crippen LogP contribution is -2.17. The van der Waals surface area contributed by atoms with E-state index in [1.54, 1.807) is 6.92 Å². The van der Waals surface area contributed by atoms with Gasteiger partial charge in [-0.05, 0) is 49.3 Å². The smallest absolute Gasteiger partial charge is 0.261 e. The Labute approximate surface area is 133 Å². The quantitative estimate of drug-likeness (QED) is 0.850. The molecule has 0 saturated heterocycles. The number of aryl methyl sites for hydroxylation is 1. The molecule has 0 bridgehead atoms. The molecule has 1 amide bonds. The van der Waals surface area contributed by atoms with Crippen molar-refractivity contribution in [2.24, 2.45) is 17.8 Å². The van der Waals surface area contributed by atoms with Crippen LogP contribution in [0.5, 0.6) is 0 Å². The molecule has 0 aromatic heterocycles. The molecule has 1 N–H and O–H groups in total. The van der Waals surface area contributed by atoms with E-state index in [2.05, 4.69) is 5.32 Å². The van der Waals surface area contributed by atoms with Gasteiger partial charge in [-0.1, -0.05) is 18.0 Å². The summed E-state index contributed by atoms with van der Waals surface area (Å²) < 4.78 is 22.7. The van der Waals surface area contributed by atoms with Gasteiger partial charge in [0.05, 0.1) is 15.6 Å². The first-order valence-corrected chi connectivity index (χ1v) is 9.53. The molecule has 0 radical (unpaired) electrons. The van der Waals surface area contributed by atoms with Crippen molar-refractivity contribution >= 4 is 42.9 Å².